The Morgan fingerprint density at radius 3 is 2.74 bits per heavy atom. The van der Waals surface area contributed by atoms with Gasteiger partial charge in [-0.05, 0) is 20.0 Å². The van der Waals surface area contributed by atoms with Gasteiger partial charge >= 0.3 is 0 Å². The summed E-state index contributed by atoms with van der Waals surface area (Å²) in [4.78, 5) is 1.17. The van der Waals surface area contributed by atoms with Crippen molar-refractivity contribution in [3.63, 3.8) is 0 Å². The van der Waals surface area contributed by atoms with E-state index in [4.69, 9.17) is 9.47 Å². The van der Waals surface area contributed by atoms with Crippen LogP contribution in [0.15, 0.2) is 17.6 Å². The number of nitrogens with one attached hydrogen (secondary N) is 1. The molecule has 104 valence electrons. The Bertz CT molecular complexity index is 514. The minimum atomic E-state index is 0.0475. The fourth-order valence-corrected chi connectivity index (χ4v) is 3.05. The van der Waals surface area contributed by atoms with Gasteiger partial charge in [0.2, 0.25) is 0 Å². The molecule has 0 spiro atoms. The molecule has 0 radical (unpaired) electrons. The van der Waals surface area contributed by atoms with E-state index in [0.717, 1.165) is 23.7 Å². The second kappa shape index (κ2) is 6.08. The fraction of sp³-hybridized carbons (Fsp3) is 0.462. The summed E-state index contributed by atoms with van der Waals surface area (Å²) in [5.74, 6) is 1.68. The molecular formula is C13H19N3O2S. The summed E-state index contributed by atoms with van der Waals surface area (Å²) in [5, 5.41) is 9.67. The summed E-state index contributed by atoms with van der Waals surface area (Å²) in [5.41, 5.74) is 1.04. The highest BCUT2D eigenvalue weighted by molar-refractivity contribution is 7.10. The number of aryl methyl sites for hydroxylation is 1. The van der Waals surface area contributed by atoms with Crippen molar-refractivity contribution in [2.45, 2.75) is 19.5 Å². The fourth-order valence-electron chi connectivity index (χ4n) is 2.08. The van der Waals surface area contributed by atoms with Crippen molar-refractivity contribution < 1.29 is 9.47 Å². The van der Waals surface area contributed by atoms with Gasteiger partial charge in [0.25, 0.3) is 0 Å². The minimum absolute atomic E-state index is 0.0475. The highest BCUT2D eigenvalue weighted by Crippen LogP contribution is 2.34. The third-order valence-electron chi connectivity index (χ3n) is 3.04. The molecule has 6 heteroatoms. The van der Waals surface area contributed by atoms with Gasteiger partial charge in [0.05, 0.1) is 26.5 Å². The standard InChI is InChI=1S/C13H19N3O2S/c1-5-16-13(10(18-4)7-15-16)12(14-2)11-6-9(17-3)8-19-11/h6-8,12,14H,5H2,1-4H3. The lowest BCUT2D eigenvalue weighted by Gasteiger charge is -2.17. The van der Waals surface area contributed by atoms with Gasteiger partial charge in [-0.2, -0.15) is 5.10 Å². The zero-order chi connectivity index (χ0) is 13.8. The molecular weight excluding hydrogens is 262 g/mol. The molecule has 5 nitrogen and oxygen atoms in total. The zero-order valence-corrected chi connectivity index (χ0v) is 12.5. The molecule has 0 bridgehead atoms. The number of aromatic nitrogens is 2. The second-order valence-corrected chi connectivity index (χ2v) is 4.97. The van der Waals surface area contributed by atoms with E-state index < -0.39 is 0 Å². The van der Waals surface area contributed by atoms with E-state index in [-0.39, 0.29) is 6.04 Å². The molecule has 0 aliphatic rings. The van der Waals surface area contributed by atoms with Crippen LogP contribution in [0.1, 0.15) is 23.5 Å². The van der Waals surface area contributed by atoms with Crippen molar-refractivity contribution in [1.82, 2.24) is 15.1 Å². The van der Waals surface area contributed by atoms with Crippen LogP contribution in [0.25, 0.3) is 0 Å². The molecule has 0 aliphatic heterocycles. The Morgan fingerprint density at radius 2 is 2.21 bits per heavy atom. The van der Waals surface area contributed by atoms with Crippen LogP contribution in [0, 0.1) is 0 Å². The van der Waals surface area contributed by atoms with Gasteiger partial charge in [0.15, 0.2) is 5.75 Å². The topological polar surface area (TPSA) is 48.3 Å². The molecule has 2 rings (SSSR count). The van der Waals surface area contributed by atoms with Crippen LogP contribution in [-0.4, -0.2) is 31.0 Å². The minimum Gasteiger partial charge on any atom is -0.496 e. The number of hydrogen-bond acceptors (Lipinski definition) is 5. The molecule has 2 aromatic heterocycles. The molecule has 0 aromatic carbocycles. The molecule has 1 N–H and O–H groups in total. The first-order chi connectivity index (χ1) is 9.24. The lowest BCUT2D eigenvalue weighted by molar-refractivity contribution is 0.401. The quantitative estimate of drug-likeness (QED) is 0.882. The van der Waals surface area contributed by atoms with Crippen LogP contribution in [0.4, 0.5) is 0 Å². The van der Waals surface area contributed by atoms with Crippen molar-refractivity contribution in [3.8, 4) is 11.5 Å². The summed E-state index contributed by atoms with van der Waals surface area (Å²) >= 11 is 1.66. The van der Waals surface area contributed by atoms with E-state index in [2.05, 4.69) is 17.3 Å². The van der Waals surface area contributed by atoms with E-state index in [1.165, 1.54) is 4.88 Å². The van der Waals surface area contributed by atoms with Crippen LogP contribution in [0.5, 0.6) is 11.5 Å². The summed E-state index contributed by atoms with van der Waals surface area (Å²) in [7, 11) is 5.28. The average Bonchev–Trinajstić information content (AvgIpc) is 3.06. The Hall–Kier alpha value is -1.53. The predicted molar refractivity (Wildman–Crippen MR) is 76.2 cm³/mol. The van der Waals surface area contributed by atoms with E-state index in [1.54, 1.807) is 31.8 Å². The van der Waals surface area contributed by atoms with Crippen LogP contribution in [-0.2, 0) is 6.54 Å². The summed E-state index contributed by atoms with van der Waals surface area (Å²) < 4.78 is 12.6. The molecule has 1 atom stereocenters. The highest BCUT2D eigenvalue weighted by Gasteiger charge is 2.23. The normalized spacial score (nSPS) is 12.4. The maximum absolute atomic E-state index is 5.42. The third-order valence-corrected chi connectivity index (χ3v) is 4.02. The smallest absolute Gasteiger partial charge is 0.161 e. The second-order valence-electron chi connectivity index (χ2n) is 4.02. The number of nitrogens with zero attached hydrogens (tertiary/aromatic N) is 2. The van der Waals surface area contributed by atoms with Gasteiger partial charge in [-0.15, -0.1) is 11.3 Å². The molecule has 0 aliphatic carbocycles. The van der Waals surface area contributed by atoms with Crippen LogP contribution < -0.4 is 14.8 Å². The number of ether oxygens (including phenoxy) is 2. The summed E-state index contributed by atoms with van der Waals surface area (Å²) in [6.07, 6.45) is 1.76. The summed E-state index contributed by atoms with van der Waals surface area (Å²) in [6, 6.07) is 2.09. The van der Waals surface area contributed by atoms with E-state index >= 15 is 0 Å². The number of thiophene rings is 1. The highest BCUT2D eigenvalue weighted by atomic mass is 32.1. The lowest BCUT2D eigenvalue weighted by Crippen LogP contribution is -2.21. The van der Waals surface area contributed by atoms with Gasteiger partial charge in [0, 0.05) is 16.8 Å². The third kappa shape index (κ3) is 2.59. The molecule has 0 saturated heterocycles. The first kappa shape index (κ1) is 13.9. The van der Waals surface area contributed by atoms with Crippen LogP contribution in [0.3, 0.4) is 0 Å². The maximum atomic E-state index is 5.42. The Kier molecular flexibility index (Phi) is 4.44. The molecule has 19 heavy (non-hydrogen) atoms. The van der Waals surface area contributed by atoms with Gasteiger partial charge < -0.3 is 14.8 Å². The van der Waals surface area contributed by atoms with E-state index in [9.17, 15) is 0 Å². The molecule has 2 heterocycles. The molecule has 1 unspecified atom stereocenters. The Balaban J connectivity index is 2.43. The largest absolute Gasteiger partial charge is 0.496 e. The molecule has 2 aromatic rings. The van der Waals surface area contributed by atoms with E-state index in [0.29, 0.717) is 0 Å². The van der Waals surface area contributed by atoms with Crippen molar-refractivity contribution in [2.24, 2.45) is 0 Å². The van der Waals surface area contributed by atoms with Crippen molar-refractivity contribution >= 4 is 11.3 Å². The van der Waals surface area contributed by atoms with Gasteiger partial charge in [-0.25, -0.2) is 0 Å². The number of hydrogen-bond donors (Lipinski definition) is 1. The van der Waals surface area contributed by atoms with Crippen molar-refractivity contribution in [2.75, 3.05) is 21.3 Å². The zero-order valence-electron chi connectivity index (χ0n) is 11.6. The van der Waals surface area contributed by atoms with Gasteiger partial charge in [0.1, 0.15) is 11.4 Å². The van der Waals surface area contributed by atoms with Crippen LogP contribution >= 0.6 is 11.3 Å². The Labute approximate surface area is 117 Å². The average molecular weight is 281 g/mol. The Morgan fingerprint density at radius 1 is 1.42 bits per heavy atom. The van der Waals surface area contributed by atoms with E-state index in [1.807, 2.05) is 23.2 Å². The van der Waals surface area contributed by atoms with Crippen molar-refractivity contribution in [1.29, 1.82) is 0 Å². The first-order valence-electron chi connectivity index (χ1n) is 6.14. The molecule has 0 saturated carbocycles. The number of methoxy groups -OCH3 is 2. The van der Waals surface area contributed by atoms with Gasteiger partial charge in [-0.3, -0.25) is 4.68 Å². The van der Waals surface area contributed by atoms with Gasteiger partial charge in [-0.1, -0.05) is 0 Å². The monoisotopic (exact) mass is 281 g/mol. The number of rotatable bonds is 6. The summed E-state index contributed by atoms with van der Waals surface area (Å²) in [6.45, 7) is 2.87. The first-order valence-corrected chi connectivity index (χ1v) is 7.02. The predicted octanol–water partition coefficient (Wildman–Crippen LogP) is 2.29. The maximum Gasteiger partial charge on any atom is 0.161 e. The lowest BCUT2D eigenvalue weighted by atomic mass is 10.1. The van der Waals surface area contributed by atoms with Crippen molar-refractivity contribution in [3.05, 3.63) is 28.2 Å². The molecule has 0 fully saturated rings. The SMILES string of the molecule is CCn1ncc(OC)c1C(NC)c1cc(OC)cs1. The van der Waals surface area contributed by atoms with Crippen LogP contribution in [0.2, 0.25) is 0 Å². The molecule has 0 amide bonds.